The largest absolute Gasteiger partial charge is 0.385 e. The molecule has 1 saturated carbocycles. The van der Waals surface area contributed by atoms with Gasteiger partial charge in [0.15, 0.2) is 0 Å². The number of hydrogen-bond donors (Lipinski definition) is 2. The second-order valence-electron chi connectivity index (χ2n) is 7.51. The number of hydrogen-bond acceptors (Lipinski definition) is 4. The molecule has 0 unspecified atom stereocenters. The molecule has 0 radical (unpaired) electrons. The number of nitrogens with zero attached hydrogens (tertiary/aromatic N) is 1. The van der Waals surface area contributed by atoms with E-state index in [2.05, 4.69) is 14.9 Å². The Morgan fingerprint density at radius 3 is 2.46 bits per heavy atom. The van der Waals surface area contributed by atoms with Crippen LogP contribution in [0.2, 0.25) is 0 Å². The van der Waals surface area contributed by atoms with Gasteiger partial charge in [-0.2, -0.15) is 0 Å². The van der Waals surface area contributed by atoms with Gasteiger partial charge in [-0.15, -0.1) is 0 Å². The van der Waals surface area contributed by atoms with E-state index < -0.39 is 10.0 Å². The number of halogens is 1. The Kier molecular flexibility index (Phi) is 6.40. The maximum absolute atomic E-state index is 14.0. The first-order chi connectivity index (χ1) is 12.4. The molecule has 2 fully saturated rings. The van der Waals surface area contributed by atoms with Crippen LogP contribution in [0.1, 0.15) is 45.4 Å². The quantitative estimate of drug-likeness (QED) is 0.758. The first kappa shape index (κ1) is 19.4. The van der Waals surface area contributed by atoms with Crippen molar-refractivity contribution in [1.82, 2.24) is 4.72 Å². The Morgan fingerprint density at radius 2 is 1.81 bits per heavy atom. The third kappa shape index (κ3) is 5.33. The van der Waals surface area contributed by atoms with Crippen molar-refractivity contribution in [3.05, 3.63) is 24.0 Å². The van der Waals surface area contributed by atoms with Crippen molar-refractivity contribution in [3.8, 4) is 0 Å². The van der Waals surface area contributed by atoms with E-state index in [1.165, 1.54) is 12.8 Å². The number of anilines is 2. The third-order valence-corrected chi connectivity index (χ3v) is 6.97. The highest BCUT2D eigenvalue weighted by molar-refractivity contribution is 7.89. The minimum atomic E-state index is -3.12. The summed E-state index contributed by atoms with van der Waals surface area (Å²) in [6.45, 7) is 4.46. The van der Waals surface area contributed by atoms with E-state index >= 15 is 0 Å². The highest BCUT2D eigenvalue weighted by Gasteiger charge is 2.24. The molecule has 0 aromatic heterocycles. The number of nitrogens with one attached hydrogen (secondary N) is 2. The van der Waals surface area contributed by atoms with Crippen molar-refractivity contribution in [2.75, 3.05) is 35.6 Å². The van der Waals surface area contributed by atoms with Crippen LogP contribution in [0.5, 0.6) is 0 Å². The summed E-state index contributed by atoms with van der Waals surface area (Å²) in [7, 11) is -3.12. The van der Waals surface area contributed by atoms with E-state index in [-0.39, 0.29) is 17.6 Å². The van der Waals surface area contributed by atoms with Gasteiger partial charge in [0, 0.05) is 37.1 Å². The molecule has 0 atom stereocenters. The summed E-state index contributed by atoms with van der Waals surface area (Å²) < 4.78 is 40.1. The first-order valence-corrected chi connectivity index (χ1v) is 11.4. The Balaban J connectivity index is 1.49. The molecule has 1 aromatic carbocycles. The van der Waals surface area contributed by atoms with Crippen molar-refractivity contribution in [2.45, 2.75) is 51.5 Å². The summed E-state index contributed by atoms with van der Waals surface area (Å²) >= 11 is 0. The summed E-state index contributed by atoms with van der Waals surface area (Å²) in [5.41, 5.74) is 1.79. The molecular formula is C19H30FN3O2S. The molecule has 146 valence electrons. The predicted molar refractivity (Wildman–Crippen MR) is 105 cm³/mol. The van der Waals surface area contributed by atoms with Crippen LogP contribution < -0.4 is 14.9 Å². The lowest BCUT2D eigenvalue weighted by Crippen LogP contribution is -2.39. The third-order valence-electron chi connectivity index (χ3n) is 5.52. The van der Waals surface area contributed by atoms with Gasteiger partial charge in [-0.05, 0) is 69.6 Å². The first-order valence-electron chi connectivity index (χ1n) is 9.74. The Bertz CT molecular complexity index is 697. The van der Waals surface area contributed by atoms with Crippen molar-refractivity contribution >= 4 is 21.4 Å². The number of rotatable bonds is 7. The second kappa shape index (κ2) is 8.57. The molecule has 3 rings (SSSR count). The van der Waals surface area contributed by atoms with Crippen LogP contribution in [-0.2, 0) is 10.0 Å². The molecule has 1 aromatic rings. The van der Waals surface area contributed by atoms with Crippen LogP contribution in [0.25, 0.3) is 0 Å². The van der Waals surface area contributed by atoms with Crippen molar-refractivity contribution < 1.29 is 12.8 Å². The minimum absolute atomic E-state index is 0.0622. The average Bonchev–Trinajstić information content (AvgIpc) is 3.15. The van der Waals surface area contributed by atoms with Gasteiger partial charge in [0.2, 0.25) is 10.0 Å². The van der Waals surface area contributed by atoms with E-state index in [4.69, 9.17) is 0 Å². The molecule has 1 aliphatic carbocycles. The second-order valence-corrected chi connectivity index (χ2v) is 9.55. The number of sulfonamides is 1. The summed E-state index contributed by atoms with van der Waals surface area (Å²) in [4.78, 5) is 2.24. The molecule has 26 heavy (non-hydrogen) atoms. The molecule has 1 heterocycles. The fraction of sp³-hybridized carbons (Fsp3) is 0.684. The lowest BCUT2D eigenvalue weighted by molar-refractivity contribution is 0.324. The standard InChI is InChI=1S/C19H30FN3O2S/c1-2-26(24,25)22-17-7-5-15(6-8-17)14-21-18-11-16(20)12-19(13-18)23-9-3-4-10-23/h11-13,15,17,21-22H,2-10,14H2,1H3. The normalized spacial score (nSPS) is 24.0. The lowest BCUT2D eigenvalue weighted by atomic mass is 9.86. The molecule has 7 heteroatoms. The summed E-state index contributed by atoms with van der Waals surface area (Å²) in [5.74, 6) is 0.429. The van der Waals surface area contributed by atoms with Crippen molar-refractivity contribution in [1.29, 1.82) is 0 Å². The van der Waals surface area contributed by atoms with Gasteiger partial charge in [0.25, 0.3) is 0 Å². The van der Waals surface area contributed by atoms with E-state index in [9.17, 15) is 12.8 Å². The van der Waals surface area contributed by atoms with E-state index in [1.807, 2.05) is 6.07 Å². The van der Waals surface area contributed by atoms with Gasteiger partial charge in [0.1, 0.15) is 5.82 Å². The zero-order chi connectivity index (χ0) is 18.6. The van der Waals surface area contributed by atoms with Crippen LogP contribution in [0.4, 0.5) is 15.8 Å². The van der Waals surface area contributed by atoms with E-state index in [0.717, 1.165) is 56.7 Å². The van der Waals surface area contributed by atoms with E-state index in [0.29, 0.717) is 5.92 Å². The molecule has 2 aliphatic rings. The van der Waals surface area contributed by atoms with Crippen LogP contribution in [-0.4, -0.2) is 39.8 Å². The van der Waals surface area contributed by atoms with Gasteiger partial charge in [0.05, 0.1) is 5.75 Å². The average molecular weight is 384 g/mol. The summed E-state index contributed by atoms with van der Waals surface area (Å²) in [6, 6.07) is 5.27. The van der Waals surface area contributed by atoms with Crippen LogP contribution in [0, 0.1) is 11.7 Å². The molecular weight excluding hydrogens is 353 g/mol. The van der Waals surface area contributed by atoms with Gasteiger partial charge in [-0.1, -0.05) is 0 Å². The molecule has 0 bridgehead atoms. The zero-order valence-electron chi connectivity index (χ0n) is 15.5. The molecule has 0 amide bonds. The van der Waals surface area contributed by atoms with Gasteiger partial charge < -0.3 is 10.2 Å². The van der Waals surface area contributed by atoms with Crippen molar-refractivity contribution in [3.63, 3.8) is 0 Å². The van der Waals surface area contributed by atoms with Gasteiger partial charge >= 0.3 is 0 Å². The molecule has 2 N–H and O–H groups in total. The number of benzene rings is 1. The van der Waals surface area contributed by atoms with Crippen LogP contribution in [0.15, 0.2) is 18.2 Å². The predicted octanol–water partition coefficient (Wildman–Crippen LogP) is 3.34. The SMILES string of the molecule is CCS(=O)(=O)NC1CCC(CNc2cc(F)cc(N3CCCC3)c2)CC1. The monoisotopic (exact) mass is 383 g/mol. The van der Waals surface area contributed by atoms with Crippen LogP contribution >= 0.6 is 0 Å². The fourth-order valence-corrected chi connectivity index (χ4v) is 4.83. The van der Waals surface area contributed by atoms with Gasteiger partial charge in [-0.25, -0.2) is 17.5 Å². The summed E-state index contributed by atoms with van der Waals surface area (Å²) in [5, 5.41) is 3.39. The smallest absolute Gasteiger partial charge is 0.211 e. The Hall–Kier alpha value is -1.34. The topological polar surface area (TPSA) is 61.4 Å². The molecule has 5 nitrogen and oxygen atoms in total. The minimum Gasteiger partial charge on any atom is -0.385 e. The maximum atomic E-state index is 14.0. The van der Waals surface area contributed by atoms with Crippen molar-refractivity contribution in [2.24, 2.45) is 5.92 Å². The molecule has 1 aliphatic heterocycles. The fourth-order valence-electron chi connectivity index (χ4n) is 3.92. The zero-order valence-corrected chi connectivity index (χ0v) is 16.3. The maximum Gasteiger partial charge on any atom is 0.211 e. The van der Waals surface area contributed by atoms with Gasteiger partial charge in [-0.3, -0.25) is 0 Å². The lowest BCUT2D eigenvalue weighted by Gasteiger charge is -2.29. The highest BCUT2D eigenvalue weighted by Crippen LogP contribution is 2.28. The Morgan fingerprint density at radius 1 is 1.12 bits per heavy atom. The molecule has 0 spiro atoms. The summed E-state index contributed by atoms with van der Waals surface area (Å²) in [6.07, 6.45) is 6.05. The molecule has 1 saturated heterocycles. The van der Waals surface area contributed by atoms with Crippen LogP contribution in [0.3, 0.4) is 0 Å². The Labute approximate surface area is 156 Å². The highest BCUT2D eigenvalue weighted by atomic mass is 32.2. The van der Waals surface area contributed by atoms with E-state index in [1.54, 1.807) is 19.1 Å².